The molecule has 0 N–H and O–H groups in total. The van der Waals surface area contributed by atoms with E-state index in [0.29, 0.717) is 17.1 Å². The third-order valence-electron chi connectivity index (χ3n) is 7.77. The van der Waals surface area contributed by atoms with Crippen molar-refractivity contribution >= 4 is 12.1 Å². The van der Waals surface area contributed by atoms with Crippen LogP contribution in [0.4, 0.5) is 0 Å². The second kappa shape index (κ2) is 5.72. The van der Waals surface area contributed by atoms with E-state index in [1.807, 2.05) is 12.2 Å². The summed E-state index contributed by atoms with van der Waals surface area (Å²) in [5.74, 6) is 3.42. The van der Waals surface area contributed by atoms with E-state index in [1.165, 1.54) is 43.3 Å². The molecular formula is C21H28O2. The molecule has 2 nitrogen and oxygen atoms in total. The average molecular weight is 312 g/mol. The molecule has 0 aliphatic heterocycles. The van der Waals surface area contributed by atoms with Gasteiger partial charge in [-0.1, -0.05) is 18.1 Å². The van der Waals surface area contributed by atoms with Crippen LogP contribution in [-0.4, -0.2) is 12.1 Å². The lowest BCUT2D eigenvalue weighted by atomic mass is 9.51. The van der Waals surface area contributed by atoms with Gasteiger partial charge in [0.25, 0.3) is 0 Å². The molecule has 0 heterocycles. The van der Waals surface area contributed by atoms with E-state index in [0.717, 1.165) is 49.7 Å². The summed E-state index contributed by atoms with van der Waals surface area (Å²) < 4.78 is 0. The van der Waals surface area contributed by atoms with E-state index in [1.54, 1.807) is 0 Å². The van der Waals surface area contributed by atoms with E-state index in [2.05, 4.69) is 6.92 Å². The molecule has 3 fully saturated rings. The molecule has 23 heavy (non-hydrogen) atoms. The van der Waals surface area contributed by atoms with Crippen molar-refractivity contribution in [1.82, 2.24) is 0 Å². The molecule has 5 atom stereocenters. The van der Waals surface area contributed by atoms with Crippen LogP contribution in [0.15, 0.2) is 23.3 Å². The number of ketones is 1. The van der Waals surface area contributed by atoms with Gasteiger partial charge in [0.15, 0.2) is 5.78 Å². The van der Waals surface area contributed by atoms with Crippen molar-refractivity contribution in [1.29, 1.82) is 0 Å². The molecule has 0 unspecified atom stereocenters. The first kappa shape index (κ1) is 15.4. The molecule has 0 aromatic carbocycles. The van der Waals surface area contributed by atoms with Crippen LogP contribution < -0.4 is 0 Å². The molecule has 4 aliphatic carbocycles. The Bertz CT molecular complexity index is 585. The lowest BCUT2D eigenvalue weighted by Gasteiger charge is -2.54. The summed E-state index contributed by atoms with van der Waals surface area (Å²) in [6.07, 6.45) is 15.3. The first-order chi connectivity index (χ1) is 11.2. The number of fused-ring (bicyclic) bond motifs is 5. The van der Waals surface area contributed by atoms with Gasteiger partial charge >= 0.3 is 0 Å². The lowest BCUT2D eigenvalue weighted by molar-refractivity contribution is -0.116. The van der Waals surface area contributed by atoms with Gasteiger partial charge in [-0.3, -0.25) is 9.59 Å². The Kier molecular flexibility index (Phi) is 3.82. The number of aldehydes is 1. The largest absolute Gasteiger partial charge is 0.299 e. The smallest absolute Gasteiger partial charge is 0.155 e. The molecule has 124 valence electrons. The Morgan fingerprint density at radius 2 is 2.00 bits per heavy atom. The number of hydrogen-bond donors (Lipinski definition) is 0. The van der Waals surface area contributed by atoms with Crippen molar-refractivity contribution in [2.24, 2.45) is 29.1 Å². The standard InChI is InChI=1S/C21H28O2/c1-2-21-11-9-18-17-7-5-16(23)13-14(17)3-6-19(18)20(21)8-4-15(21)10-12-22/h10,12-13,17-20H,2-9,11H2,1H3/b15-10+/t17-,18+,19+,20-,21+/m0/s1. The van der Waals surface area contributed by atoms with Crippen molar-refractivity contribution in [2.45, 2.75) is 64.7 Å². The molecule has 0 aromatic rings. The van der Waals surface area contributed by atoms with E-state index >= 15 is 0 Å². The molecule has 0 bridgehead atoms. The first-order valence-corrected chi connectivity index (χ1v) is 9.57. The normalized spacial score (nSPS) is 44.3. The highest BCUT2D eigenvalue weighted by molar-refractivity contribution is 5.91. The lowest BCUT2D eigenvalue weighted by Crippen LogP contribution is -2.46. The van der Waals surface area contributed by atoms with Gasteiger partial charge in [-0.2, -0.15) is 0 Å². The number of carbonyl (C=O) groups excluding carboxylic acids is 2. The van der Waals surface area contributed by atoms with Gasteiger partial charge in [0.1, 0.15) is 6.29 Å². The Morgan fingerprint density at radius 3 is 2.78 bits per heavy atom. The van der Waals surface area contributed by atoms with Crippen LogP contribution in [0.25, 0.3) is 0 Å². The molecule has 3 saturated carbocycles. The zero-order chi connectivity index (χ0) is 16.0. The van der Waals surface area contributed by atoms with E-state index in [9.17, 15) is 9.59 Å². The first-order valence-electron chi connectivity index (χ1n) is 9.57. The zero-order valence-electron chi connectivity index (χ0n) is 14.2. The maximum absolute atomic E-state index is 11.8. The third-order valence-corrected chi connectivity index (χ3v) is 7.77. The highest BCUT2D eigenvalue weighted by Crippen LogP contribution is 2.64. The number of hydrogen-bond acceptors (Lipinski definition) is 2. The Hall–Kier alpha value is -1.18. The molecule has 0 amide bonds. The van der Waals surface area contributed by atoms with E-state index in [4.69, 9.17) is 0 Å². The van der Waals surface area contributed by atoms with Crippen LogP contribution in [0.5, 0.6) is 0 Å². The SMILES string of the molecule is CC[C@]12CC[C@H]3[C@@H](CCC4=CC(=O)CC[C@@H]43)[C@@H]1CC/C2=C\C=O. The summed E-state index contributed by atoms with van der Waals surface area (Å²) in [5, 5.41) is 0. The molecule has 4 aliphatic rings. The number of rotatable bonds is 2. The van der Waals surface area contributed by atoms with Gasteiger partial charge < -0.3 is 0 Å². The summed E-state index contributed by atoms with van der Waals surface area (Å²) in [5.41, 5.74) is 3.22. The van der Waals surface area contributed by atoms with Crippen molar-refractivity contribution < 1.29 is 9.59 Å². The Balaban J connectivity index is 1.65. The fourth-order valence-electron chi connectivity index (χ4n) is 6.84. The summed E-state index contributed by atoms with van der Waals surface area (Å²) in [7, 11) is 0. The summed E-state index contributed by atoms with van der Waals surface area (Å²) >= 11 is 0. The minimum absolute atomic E-state index is 0.313. The van der Waals surface area contributed by atoms with Gasteiger partial charge in [0.05, 0.1) is 0 Å². The maximum atomic E-state index is 11.8. The van der Waals surface area contributed by atoms with Crippen molar-refractivity contribution in [2.75, 3.05) is 0 Å². The summed E-state index contributed by atoms with van der Waals surface area (Å²) in [6.45, 7) is 2.32. The number of carbonyl (C=O) groups is 2. The Labute approximate surface area is 139 Å². The van der Waals surface area contributed by atoms with Gasteiger partial charge in [-0.15, -0.1) is 0 Å². The van der Waals surface area contributed by atoms with Crippen LogP contribution in [0.1, 0.15) is 64.7 Å². The van der Waals surface area contributed by atoms with Crippen molar-refractivity contribution in [3.63, 3.8) is 0 Å². The Morgan fingerprint density at radius 1 is 1.13 bits per heavy atom. The minimum atomic E-state index is 0.313. The minimum Gasteiger partial charge on any atom is -0.299 e. The summed E-state index contributed by atoms with van der Waals surface area (Å²) in [6, 6.07) is 0. The molecular weight excluding hydrogens is 284 g/mol. The third kappa shape index (κ3) is 2.21. The van der Waals surface area contributed by atoms with Crippen molar-refractivity contribution in [3.05, 3.63) is 23.3 Å². The van der Waals surface area contributed by atoms with Crippen LogP contribution in [0, 0.1) is 29.1 Å². The second-order valence-corrected chi connectivity index (χ2v) is 8.22. The molecule has 4 rings (SSSR count). The monoisotopic (exact) mass is 312 g/mol. The van der Waals surface area contributed by atoms with Crippen LogP contribution >= 0.6 is 0 Å². The van der Waals surface area contributed by atoms with Gasteiger partial charge in [0, 0.05) is 6.42 Å². The van der Waals surface area contributed by atoms with E-state index < -0.39 is 0 Å². The fraction of sp³-hybridized carbons (Fsp3) is 0.714. The maximum Gasteiger partial charge on any atom is 0.155 e. The highest BCUT2D eigenvalue weighted by Gasteiger charge is 2.55. The molecule has 0 spiro atoms. The van der Waals surface area contributed by atoms with Crippen molar-refractivity contribution in [3.8, 4) is 0 Å². The van der Waals surface area contributed by atoms with Gasteiger partial charge in [0.2, 0.25) is 0 Å². The predicted molar refractivity (Wildman–Crippen MR) is 90.9 cm³/mol. The molecule has 0 radical (unpaired) electrons. The summed E-state index contributed by atoms with van der Waals surface area (Å²) in [4.78, 5) is 22.8. The molecule has 2 heteroatoms. The second-order valence-electron chi connectivity index (χ2n) is 8.22. The van der Waals surface area contributed by atoms with Crippen LogP contribution in [0.3, 0.4) is 0 Å². The average Bonchev–Trinajstić information content (AvgIpc) is 2.94. The molecule has 0 saturated heterocycles. The topological polar surface area (TPSA) is 34.1 Å². The quantitative estimate of drug-likeness (QED) is 0.549. The number of allylic oxidation sites excluding steroid dienone is 3. The van der Waals surface area contributed by atoms with Crippen LogP contribution in [0.2, 0.25) is 0 Å². The zero-order valence-corrected chi connectivity index (χ0v) is 14.2. The molecule has 0 aromatic heterocycles. The highest BCUT2D eigenvalue weighted by atomic mass is 16.1. The van der Waals surface area contributed by atoms with Gasteiger partial charge in [-0.05, 0) is 92.6 Å². The fourth-order valence-corrected chi connectivity index (χ4v) is 6.84. The van der Waals surface area contributed by atoms with Gasteiger partial charge in [-0.25, -0.2) is 0 Å². The van der Waals surface area contributed by atoms with Crippen LogP contribution in [-0.2, 0) is 9.59 Å². The van der Waals surface area contributed by atoms with E-state index in [-0.39, 0.29) is 0 Å². The predicted octanol–water partition coefficient (Wildman–Crippen LogP) is 4.64.